The minimum Gasteiger partial charge on any atom is -0.336 e. The Kier molecular flexibility index (Phi) is 3.88. The van der Waals surface area contributed by atoms with Crippen LogP contribution in [-0.4, -0.2) is 48.2 Å². The molecule has 0 unspecified atom stereocenters. The van der Waals surface area contributed by atoms with Gasteiger partial charge in [-0.25, -0.2) is 4.98 Å². The van der Waals surface area contributed by atoms with Crippen LogP contribution in [0.5, 0.6) is 0 Å². The van der Waals surface area contributed by atoms with Crippen molar-refractivity contribution in [2.45, 2.75) is 6.42 Å². The molecule has 8 heteroatoms. The number of fused-ring (bicyclic) bond motifs is 2. The van der Waals surface area contributed by atoms with E-state index in [9.17, 15) is 0 Å². The van der Waals surface area contributed by atoms with Gasteiger partial charge in [-0.3, -0.25) is 20.1 Å². The highest BCUT2D eigenvalue weighted by atomic mass is 15.1. The lowest BCUT2D eigenvalue weighted by Gasteiger charge is -2.13. The number of rotatable bonds is 3. The van der Waals surface area contributed by atoms with Gasteiger partial charge in [-0.1, -0.05) is 12.1 Å². The van der Waals surface area contributed by atoms with Crippen LogP contribution < -0.4 is 5.32 Å². The van der Waals surface area contributed by atoms with Crippen molar-refractivity contribution in [1.29, 1.82) is 0 Å². The Labute approximate surface area is 171 Å². The Morgan fingerprint density at radius 3 is 2.77 bits per heavy atom. The van der Waals surface area contributed by atoms with Crippen LogP contribution in [0.2, 0.25) is 0 Å². The molecule has 1 aliphatic heterocycles. The number of H-pyrrole nitrogens is 2. The van der Waals surface area contributed by atoms with Gasteiger partial charge in [0, 0.05) is 24.3 Å². The van der Waals surface area contributed by atoms with Gasteiger partial charge in [-0.05, 0) is 42.8 Å². The Balaban J connectivity index is 1.50. The number of nitrogens with zero attached hydrogens (tertiary/aromatic N) is 5. The minimum atomic E-state index is 0.692. The largest absolute Gasteiger partial charge is 0.336 e. The molecule has 0 spiro atoms. The summed E-state index contributed by atoms with van der Waals surface area (Å²) in [7, 11) is 0. The van der Waals surface area contributed by atoms with E-state index in [2.05, 4.69) is 47.6 Å². The molecule has 30 heavy (non-hydrogen) atoms. The van der Waals surface area contributed by atoms with Gasteiger partial charge < -0.3 is 10.3 Å². The monoisotopic (exact) mass is 394 g/mol. The maximum Gasteiger partial charge on any atom is 0.159 e. The fourth-order valence-electron chi connectivity index (χ4n) is 3.87. The first kappa shape index (κ1) is 17.0. The predicted molar refractivity (Wildman–Crippen MR) is 115 cm³/mol. The summed E-state index contributed by atoms with van der Waals surface area (Å²) in [6, 6.07) is 9.78. The Bertz CT molecular complexity index is 1400. The molecule has 0 atom stereocenters. The normalized spacial score (nSPS) is 14.3. The third-order valence-electron chi connectivity index (χ3n) is 5.37. The fourth-order valence-corrected chi connectivity index (χ4v) is 3.87. The van der Waals surface area contributed by atoms with Gasteiger partial charge in [0.1, 0.15) is 16.9 Å². The van der Waals surface area contributed by atoms with Crippen molar-refractivity contribution in [2.24, 2.45) is 0 Å². The highest BCUT2D eigenvalue weighted by Gasteiger charge is 2.17. The summed E-state index contributed by atoms with van der Waals surface area (Å²) in [5.41, 5.74) is 7.10. The molecule has 3 N–H and O–H groups in total. The van der Waals surface area contributed by atoms with E-state index < -0.39 is 0 Å². The molecule has 5 aromatic rings. The van der Waals surface area contributed by atoms with E-state index in [1.54, 1.807) is 12.4 Å². The zero-order valence-corrected chi connectivity index (χ0v) is 16.1. The first-order chi connectivity index (χ1) is 14.9. The van der Waals surface area contributed by atoms with Gasteiger partial charge in [0.15, 0.2) is 5.82 Å². The second kappa shape index (κ2) is 6.85. The number of hydrogen-bond donors (Lipinski definition) is 3. The zero-order chi connectivity index (χ0) is 19.9. The number of aromatic nitrogens is 7. The maximum absolute atomic E-state index is 4.84. The molecule has 0 saturated carbocycles. The SMILES string of the molecule is C1=C(c2cc3c(-c4nc5c(-c6ccccn6)nccc5[nH]4)n[nH]c3cn2)CCNC1. The van der Waals surface area contributed by atoms with Crippen LogP contribution in [0.3, 0.4) is 0 Å². The van der Waals surface area contributed by atoms with Crippen LogP contribution in [0, 0.1) is 0 Å². The quantitative estimate of drug-likeness (QED) is 0.433. The van der Waals surface area contributed by atoms with Gasteiger partial charge in [0.05, 0.1) is 28.6 Å². The molecule has 0 aromatic carbocycles. The van der Waals surface area contributed by atoms with E-state index in [1.807, 2.05) is 30.5 Å². The molecule has 0 radical (unpaired) electrons. The lowest BCUT2D eigenvalue weighted by Crippen LogP contribution is -2.20. The molecule has 6 rings (SSSR count). The van der Waals surface area contributed by atoms with Crippen molar-refractivity contribution >= 4 is 27.5 Å². The molecule has 146 valence electrons. The second-order valence-electron chi connectivity index (χ2n) is 7.23. The number of hydrogen-bond acceptors (Lipinski definition) is 6. The molecule has 0 saturated heterocycles. The maximum atomic E-state index is 4.84. The zero-order valence-electron chi connectivity index (χ0n) is 16.1. The smallest absolute Gasteiger partial charge is 0.159 e. The summed E-state index contributed by atoms with van der Waals surface area (Å²) >= 11 is 0. The van der Waals surface area contributed by atoms with Crippen LogP contribution in [-0.2, 0) is 0 Å². The fraction of sp³-hybridized carbons (Fsp3) is 0.136. The molecule has 0 bridgehead atoms. The van der Waals surface area contributed by atoms with Gasteiger partial charge in [-0.15, -0.1) is 0 Å². The summed E-state index contributed by atoms with van der Waals surface area (Å²) in [6.45, 7) is 1.84. The number of aromatic amines is 2. The second-order valence-corrected chi connectivity index (χ2v) is 7.23. The van der Waals surface area contributed by atoms with Crippen molar-refractivity contribution in [3.63, 3.8) is 0 Å². The molecule has 5 aromatic heterocycles. The van der Waals surface area contributed by atoms with E-state index in [-0.39, 0.29) is 0 Å². The molecule has 0 amide bonds. The predicted octanol–water partition coefficient (Wildman–Crippen LogP) is 3.33. The summed E-state index contributed by atoms with van der Waals surface area (Å²) in [5, 5.41) is 11.9. The highest BCUT2D eigenvalue weighted by molar-refractivity contribution is 5.96. The van der Waals surface area contributed by atoms with Crippen molar-refractivity contribution < 1.29 is 0 Å². The summed E-state index contributed by atoms with van der Waals surface area (Å²) in [5.74, 6) is 0.692. The lowest BCUT2D eigenvalue weighted by molar-refractivity contribution is 0.737. The van der Waals surface area contributed by atoms with Gasteiger partial charge in [-0.2, -0.15) is 5.10 Å². The van der Waals surface area contributed by atoms with Gasteiger partial charge >= 0.3 is 0 Å². The van der Waals surface area contributed by atoms with Crippen molar-refractivity contribution in [2.75, 3.05) is 13.1 Å². The van der Waals surface area contributed by atoms with E-state index in [0.29, 0.717) is 5.82 Å². The summed E-state index contributed by atoms with van der Waals surface area (Å²) in [6.07, 6.45) is 8.53. The first-order valence-electron chi connectivity index (χ1n) is 9.87. The van der Waals surface area contributed by atoms with Crippen molar-refractivity contribution in [3.8, 4) is 22.9 Å². The molecular weight excluding hydrogens is 376 g/mol. The molecule has 8 nitrogen and oxygen atoms in total. The Morgan fingerprint density at radius 2 is 1.90 bits per heavy atom. The highest BCUT2D eigenvalue weighted by Crippen LogP contribution is 2.30. The average molecular weight is 394 g/mol. The number of nitrogens with one attached hydrogen (secondary N) is 3. The lowest BCUT2D eigenvalue weighted by atomic mass is 10.0. The van der Waals surface area contributed by atoms with Crippen LogP contribution in [0.15, 0.2) is 55.0 Å². The Hall–Kier alpha value is -3.91. The standard InChI is InChI=1S/C22H18N8/c1-2-7-24-15(3-1)20-21-16(6-10-25-20)27-22(28-21)19-14-11-17(13-4-8-23-9-5-13)26-12-18(14)29-30-19/h1-4,6-7,10-12,23H,5,8-9H2,(H,27,28)(H,29,30). The van der Waals surface area contributed by atoms with Crippen molar-refractivity contribution in [3.05, 3.63) is 60.7 Å². The van der Waals surface area contributed by atoms with Crippen LogP contribution in [0.25, 0.3) is 50.4 Å². The van der Waals surface area contributed by atoms with Gasteiger partial charge in [0.2, 0.25) is 0 Å². The number of imidazole rings is 1. The summed E-state index contributed by atoms with van der Waals surface area (Å²) in [4.78, 5) is 21.8. The van der Waals surface area contributed by atoms with Crippen LogP contribution >= 0.6 is 0 Å². The van der Waals surface area contributed by atoms with Crippen LogP contribution in [0.1, 0.15) is 12.1 Å². The Morgan fingerprint density at radius 1 is 0.900 bits per heavy atom. The van der Waals surface area contributed by atoms with E-state index >= 15 is 0 Å². The number of pyridine rings is 3. The van der Waals surface area contributed by atoms with E-state index in [4.69, 9.17) is 4.98 Å². The molecule has 0 aliphatic carbocycles. The minimum absolute atomic E-state index is 0.692. The van der Waals surface area contributed by atoms with E-state index in [0.717, 1.165) is 64.2 Å². The van der Waals surface area contributed by atoms with Crippen molar-refractivity contribution in [1.82, 2.24) is 40.4 Å². The third kappa shape index (κ3) is 2.77. The first-order valence-corrected chi connectivity index (χ1v) is 9.87. The topological polar surface area (TPSA) is 108 Å². The van der Waals surface area contributed by atoms with E-state index in [1.165, 1.54) is 5.57 Å². The summed E-state index contributed by atoms with van der Waals surface area (Å²) < 4.78 is 0. The van der Waals surface area contributed by atoms with Gasteiger partial charge in [0.25, 0.3) is 0 Å². The van der Waals surface area contributed by atoms with Crippen LogP contribution in [0.4, 0.5) is 0 Å². The third-order valence-corrected chi connectivity index (χ3v) is 5.37. The molecule has 6 heterocycles. The molecule has 1 aliphatic rings. The molecular formula is C22H18N8. The average Bonchev–Trinajstić information content (AvgIpc) is 3.43. The molecule has 0 fully saturated rings.